The number of hydrogen-bond acceptors (Lipinski definition) is 4. The predicted octanol–water partition coefficient (Wildman–Crippen LogP) is 1.84. The van der Waals surface area contributed by atoms with Crippen molar-refractivity contribution in [3.05, 3.63) is 0 Å². The van der Waals surface area contributed by atoms with Gasteiger partial charge < -0.3 is 15.6 Å². The first-order valence-electron chi connectivity index (χ1n) is 6.96. The SMILES string of the molecule is CC(C)CC(C)(N)C(=O)OC1CCC(CO)CC1. The van der Waals surface area contributed by atoms with Gasteiger partial charge in [0, 0.05) is 6.61 Å². The second-order valence-electron chi connectivity index (χ2n) is 6.25. The fraction of sp³-hybridized carbons (Fsp3) is 0.929. The smallest absolute Gasteiger partial charge is 0.326 e. The number of esters is 1. The second-order valence-corrected chi connectivity index (χ2v) is 6.25. The molecule has 1 rings (SSSR count). The van der Waals surface area contributed by atoms with Gasteiger partial charge >= 0.3 is 5.97 Å². The summed E-state index contributed by atoms with van der Waals surface area (Å²) in [4.78, 5) is 12.0. The van der Waals surface area contributed by atoms with Crippen LogP contribution in [-0.4, -0.2) is 29.3 Å². The first kappa shape index (κ1) is 15.4. The molecule has 18 heavy (non-hydrogen) atoms. The molecule has 0 aliphatic heterocycles. The molecule has 1 aliphatic carbocycles. The average Bonchev–Trinajstić information content (AvgIpc) is 2.28. The van der Waals surface area contributed by atoms with Crippen LogP contribution < -0.4 is 5.73 Å². The van der Waals surface area contributed by atoms with E-state index in [0.717, 1.165) is 25.7 Å². The first-order chi connectivity index (χ1) is 8.35. The minimum absolute atomic E-state index is 0.0182. The third-order valence-corrected chi connectivity index (χ3v) is 3.62. The molecule has 1 atom stereocenters. The van der Waals surface area contributed by atoms with Crippen molar-refractivity contribution < 1.29 is 14.6 Å². The summed E-state index contributed by atoms with van der Waals surface area (Å²) in [6.45, 7) is 6.08. The average molecular weight is 257 g/mol. The summed E-state index contributed by atoms with van der Waals surface area (Å²) < 4.78 is 5.50. The lowest BCUT2D eigenvalue weighted by Crippen LogP contribution is -2.48. The summed E-state index contributed by atoms with van der Waals surface area (Å²) in [7, 11) is 0. The zero-order valence-electron chi connectivity index (χ0n) is 11.8. The van der Waals surface area contributed by atoms with E-state index in [9.17, 15) is 4.79 Å². The fourth-order valence-electron chi connectivity index (χ4n) is 2.65. The molecule has 0 aromatic rings. The Hall–Kier alpha value is -0.610. The molecule has 0 bridgehead atoms. The van der Waals surface area contributed by atoms with Crippen LogP contribution >= 0.6 is 0 Å². The molecule has 4 heteroatoms. The molecule has 0 aromatic carbocycles. The quantitative estimate of drug-likeness (QED) is 0.737. The van der Waals surface area contributed by atoms with Crippen LogP contribution in [0.3, 0.4) is 0 Å². The number of hydrogen-bond donors (Lipinski definition) is 2. The highest BCUT2D eigenvalue weighted by Crippen LogP contribution is 2.27. The molecule has 0 spiro atoms. The summed E-state index contributed by atoms with van der Waals surface area (Å²) in [6.07, 6.45) is 4.16. The maximum atomic E-state index is 12.0. The fourth-order valence-corrected chi connectivity index (χ4v) is 2.65. The van der Waals surface area contributed by atoms with Crippen molar-refractivity contribution in [1.29, 1.82) is 0 Å². The van der Waals surface area contributed by atoms with Gasteiger partial charge in [-0.1, -0.05) is 13.8 Å². The van der Waals surface area contributed by atoms with E-state index in [-0.39, 0.29) is 18.7 Å². The summed E-state index contributed by atoms with van der Waals surface area (Å²) >= 11 is 0. The maximum Gasteiger partial charge on any atom is 0.326 e. The molecule has 1 unspecified atom stereocenters. The summed E-state index contributed by atoms with van der Waals surface area (Å²) in [6, 6.07) is 0. The Labute approximate surface area is 110 Å². The molecule has 0 radical (unpaired) electrons. The van der Waals surface area contributed by atoms with E-state index in [1.165, 1.54) is 0 Å². The van der Waals surface area contributed by atoms with Crippen molar-refractivity contribution in [3.8, 4) is 0 Å². The van der Waals surface area contributed by atoms with Gasteiger partial charge in [0.05, 0.1) is 0 Å². The van der Waals surface area contributed by atoms with Crippen LogP contribution in [0.25, 0.3) is 0 Å². The van der Waals surface area contributed by atoms with E-state index in [2.05, 4.69) is 0 Å². The highest BCUT2D eigenvalue weighted by Gasteiger charge is 2.33. The molecule has 0 saturated heterocycles. The number of rotatable bonds is 5. The Bertz CT molecular complexity index is 268. The topological polar surface area (TPSA) is 72.6 Å². The van der Waals surface area contributed by atoms with Crippen molar-refractivity contribution in [3.63, 3.8) is 0 Å². The third-order valence-electron chi connectivity index (χ3n) is 3.62. The van der Waals surface area contributed by atoms with Crippen LogP contribution in [0.5, 0.6) is 0 Å². The number of carbonyl (C=O) groups excluding carboxylic acids is 1. The van der Waals surface area contributed by atoms with Gasteiger partial charge in [0.2, 0.25) is 0 Å². The lowest BCUT2D eigenvalue weighted by Gasteiger charge is -2.31. The summed E-state index contributed by atoms with van der Waals surface area (Å²) in [5.41, 5.74) is 5.13. The van der Waals surface area contributed by atoms with Gasteiger partial charge in [-0.25, -0.2) is 0 Å². The van der Waals surface area contributed by atoms with Crippen molar-refractivity contribution in [2.75, 3.05) is 6.61 Å². The molecule has 0 aromatic heterocycles. The molecule has 1 aliphatic rings. The maximum absolute atomic E-state index is 12.0. The van der Waals surface area contributed by atoms with Crippen molar-refractivity contribution in [2.24, 2.45) is 17.6 Å². The van der Waals surface area contributed by atoms with E-state index in [4.69, 9.17) is 15.6 Å². The van der Waals surface area contributed by atoms with Crippen LogP contribution in [0.1, 0.15) is 52.9 Å². The van der Waals surface area contributed by atoms with Gasteiger partial charge in [-0.2, -0.15) is 0 Å². The zero-order valence-corrected chi connectivity index (χ0v) is 11.8. The molecule has 1 fully saturated rings. The molecule has 4 nitrogen and oxygen atoms in total. The van der Waals surface area contributed by atoms with Crippen molar-refractivity contribution >= 4 is 5.97 Å². The molecule has 3 N–H and O–H groups in total. The monoisotopic (exact) mass is 257 g/mol. The van der Waals surface area contributed by atoms with Crippen LogP contribution in [0.2, 0.25) is 0 Å². The predicted molar refractivity (Wildman–Crippen MR) is 71.0 cm³/mol. The van der Waals surface area contributed by atoms with Crippen molar-refractivity contribution in [1.82, 2.24) is 0 Å². The van der Waals surface area contributed by atoms with Crippen LogP contribution in [0, 0.1) is 11.8 Å². The Morgan fingerprint density at radius 2 is 1.94 bits per heavy atom. The molecule has 0 amide bonds. The molecule has 1 saturated carbocycles. The van der Waals surface area contributed by atoms with E-state index in [1.54, 1.807) is 6.92 Å². The second kappa shape index (κ2) is 6.53. The van der Waals surface area contributed by atoms with E-state index in [0.29, 0.717) is 18.3 Å². The zero-order chi connectivity index (χ0) is 13.8. The Kier molecular flexibility index (Phi) is 5.60. The van der Waals surface area contributed by atoms with Gasteiger partial charge in [-0.15, -0.1) is 0 Å². The number of aliphatic hydroxyl groups excluding tert-OH is 1. The van der Waals surface area contributed by atoms with E-state index in [1.807, 2.05) is 13.8 Å². The van der Waals surface area contributed by atoms with Crippen molar-refractivity contribution in [2.45, 2.75) is 64.5 Å². The van der Waals surface area contributed by atoms with E-state index < -0.39 is 5.54 Å². The minimum atomic E-state index is -0.887. The number of aliphatic hydroxyl groups is 1. The highest BCUT2D eigenvalue weighted by molar-refractivity contribution is 5.80. The standard InChI is InChI=1S/C14H27NO3/c1-10(2)8-14(3,15)13(17)18-12-6-4-11(9-16)5-7-12/h10-12,16H,4-9,15H2,1-3H3. The first-order valence-corrected chi connectivity index (χ1v) is 6.96. The normalized spacial score (nSPS) is 27.9. The Morgan fingerprint density at radius 1 is 1.39 bits per heavy atom. The highest BCUT2D eigenvalue weighted by atomic mass is 16.5. The number of carbonyl (C=O) groups is 1. The lowest BCUT2D eigenvalue weighted by atomic mass is 9.87. The lowest BCUT2D eigenvalue weighted by molar-refractivity contribution is -0.157. The van der Waals surface area contributed by atoms with Crippen LogP contribution in [0.15, 0.2) is 0 Å². The minimum Gasteiger partial charge on any atom is -0.461 e. The van der Waals surface area contributed by atoms with Crippen LogP contribution in [0.4, 0.5) is 0 Å². The largest absolute Gasteiger partial charge is 0.461 e. The Balaban J connectivity index is 2.41. The molecule has 0 heterocycles. The molecular formula is C14H27NO3. The molecule has 106 valence electrons. The van der Waals surface area contributed by atoms with Gasteiger partial charge in [0.1, 0.15) is 11.6 Å². The number of nitrogens with two attached hydrogens (primary N) is 1. The number of ether oxygens (including phenoxy) is 1. The Morgan fingerprint density at radius 3 is 2.39 bits per heavy atom. The van der Waals surface area contributed by atoms with Gasteiger partial charge in [-0.05, 0) is 50.9 Å². The van der Waals surface area contributed by atoms with E-state index >= 15 is 0 Å². The third kappa shape index (κ3) is 4.58. The van der Waals surface area contributed by atoms with Gasteiger partial charge in [-0.3, -0.25) is 4.79 Å². The molecular weight excluding hydrogens is 230 g/mol. The van der Waals surface area contributed by atoms with Gasteiger partial charge in [0.25, 0.3) is 0 Å². The summed E-state index contributed by atoms with van der Waals surface area (Å²) in [5.74, 6) is 0.459. The van der Waals surface area contributed by atoms with Crippen LogP contribution in [-0.2, 0) is 9.53 Å². The van der Waals surface area contributed by atoms with Gasteiger partial charge in [0.15, 0.2) is 0 Å². The summed E-state index contributed by atoms with van der Waals surface area (Å²) in [5, 5.41) is 9.06.